The Morgan fingerprint density at radius 2 is 2.45 bits per heavy atom. The molecule has 0 saturated carbocycles. The highest BCUT2D eigenvalue weighted by atomic mass is 32.2. The van der Waals surface area contributed by atoms with Crippen molar-refractivity contribution in [2.75, 3.05) is 5.75 Å². The third-order valence-corrected chi connectivity index (χ3v) is 3.15. The molecule has 2 rings (SSSR count). The van der Waals surface area contributed by atoms with Crippen LogP contribution >= 0.6 is 11.8 Å². The Morgan fingerprint density at radius 3 is 3.18 bits per heavy atom. The van der Waals surface area contributed by atoms with Crippen LogP contribution in [0, 0.1) is 0 Å². The Balaban J connectivity index is 2.06. The lowest BCUT2D eigenvalue weighted by atomic mass is 10.2. The number of nitrogens with one attached hydrogen (secondary N) is 1. The number of hydrogen-bond donors (Lipinski definition) is 1. The lowest BCUT2D eigenvalue weighted by molar-refractivity contribution is 0.769. The maximum atomic E-state index is 4.01. The van der Waals surface area contributed by atoms with Gasteiger partial charge in [0.1, 0.15) is 0 Å². The van der Waals surface area contributed by atoms with E-state index in [0.717, 1.165) is 0 Å². The van der Waals surface area contributed by atoms with Gasteiger partial charge in [0.25, 0.3) is 0 Å². The average molecular weight is 166 g/mol. The quantitative estimate of drug-likeness (QED) is 0.638. The van der Waals surface area contributed by atoms with Gasteiger partial charge in [-0.1, -0.05) is 6.08 Å². The summed E-state index contributed by atoms with van der Waals surface area (Å²) in [5, 5.41) is 4.67. The molecule has 1 saturated heterocycles. The van der Waals surface area contributed by atoms with Crippen LogP contribution in [0.5, 0.6) is 0 Å². The van der Waals surface area contributed by atoms with Crippen LogP contribution in [-0.2, 0) is 0 Å². The molecule has 0 aliphatic carbocycles. The fourth-order valence-electron chi connectivity index (χ4n) is 1.06. The molecule has 0 radical (unpaired) electrons. The summed E-state index contributed by atoms with van der Waals surface area (Å²) in [7, 11) is 0. The number of nitrogens with zero attached hydrogens (tertiary/aromatic N) is 1. The number of hydrogen-bond acceptors (Lipinski definition) is 3. The average Bonchev–Trinajstić information content (AvgIpc) is 2.12. The van der Waals surface area contributed by atoms with Crippen LogP contribution in [0.15, 0.2) is 29.0 Å². The van der Waals surface area contributed by atoms with Gasteiger partial charge in [0.05, 0.1) is 0 Å². The second kappa shape index (κ2) is 3.13. The molecule has 0 amide bonds. The van der Waals surface area contributed by atoms with Crippen molar-refractivity contribution in [3.05, 3.63) is 23.9 Å². The summed E-state index contributed by atoms with van der Waals surface area (Å²) < 4.78 is 0. The molecule has 2 heterocycles. The fourth-order valence-corrected chi connectivity index (χ4v) is 1.84. The summed E-state index contributed by atoms with van der Waals surface area (Å²) in [6.45, 7) is 0. The monoisotopic (exact) mass is 166 g/mol. The maximum absolute atomic E-state index is 4.01. The molecular weight excluding hydrogens is 156 g/mol. The van der Waals surface area contributed by atoms with E-state index >= 15 is 0 Å². The van der Waals surface area contributed by atoms with Crippen molar-refractivity contribution in [1.29, 1.82) is 0 Å². The van der Waals surface area contributed by atoms with Gasteiger partial charge in [-0.2, -0.15) is 16.9 Å². The Morgan fingerprint density at radius 1 is 1.55 bits per heavy atom. The molecule has 2 aliphatic rings. The molecule has 1 atom stereocenters. The largest absolute Gasteiger partial charge is 0.281 e. The number of allylic oxidation sites excluding steroid dienone is 3. The minimum atomic E-state index is 0.662. The van der Waals surface area contributed by atoms with E-state index in [9.17, 15) is 0 Å². The van der Waals surface area contributed by atoms with Crippen molar-refractivity contribution in [2.45, 2.75) is 11.7 Å². The summed E-state index contributed by atoms with van der Waals surface area (Å²) in [6.07, 6.45) is 9.12. The summed E-state index contributed by atoms with van der Waals surface area (Å²) in [5.74, 6) is 1.29. The first-order chi connectivity index (χ1) is 5.47. The standard InChI is InChI=1S/C8H10N2S/c1-2-5-9-10-7(3-1)8-4-6-11-8/h1-3,5,8,10H,4,6H2. The number of rotatable bonds is 1. The first-order valence-electron chi connectivity index (χ1n) is 3.74. The molecule has 1 N–H and O–H groups in total. The van der Waals surface area contributed by atoms with Crippen LogP contribution in [0.2, 0.25) is 0 Å². The Kier molecular flexibility index (Phi) is 1.99. The van der Waals surface area contributed by atoms with E-state index < -0.39 is 0 Å². The van der Waals surface area contributed by atoms with Crippen molar-refractivity contribution in [1.82, 2.24) is 5.43 Å². The highest BCUT2D eigenvalue weighted by Gasteiger charge is 2.22. The zero-order valence-corrected chi connectivity index (χ0v) is 6.97. The van der Waals surface area contributed by atoms with Crippen molar-refractivity contribution < 1.29 is 0 Å². The third kappa shape index (κ3) is 1.48. The lowest BCUT2D eigenvalue weighted by Crippen LogP contribution is -2.24. The van der Waals surface area contributed by atoms with E-state index in [1.54, 1.807) is 6.21 Å². The van der Waals surface area contributed by atoms with E-state index in [-0.39, 0.29) is 0 Å². The molecule has 0 bridgehead atoms. The van der Waals surface area contributed by atoms with Gasteiger partial charge in [0.2, 0.25) is 0 Å². The van der Waals surface area contributed by atoms with Crippen LogP contribution in [0.4, 0.5) is 0 Å². The van der Waals surface area contributed by atoms with Gasteiger partial charge in [-0.15, -0.1) is 0 Å². The van der Waals surface area contributed by atoms with Gasteiger partial charge < -0.3 is 0 Å². The SMILES string of the molecule is C1=CC=C(C2CCS2)NN=C1. The highest BCUT2D eigenvalue weighted by Crippen LogP contribution is 2.32. The molecule has 58 valence electrons. The maximum Gasteiger partial charge on any atom is 0.0472 e. The predicted molar refractivity (Wildman–Crippen MR) is 49.7 cm³/mol. The van der Waals surface area contributed by atoms with Gasteiger partial charge in [0.15, 0.2) is 0 Å². The summed E-state index contributed by atoms with van der Waals surface area (Å²) in [6, 6.07) is 0. The Labute approximate surface area is 70.4 Å². The predicted octanol–water partition coefficient (Wildman–Crippen LogP) is 1.52. The lowest BCUT2D eigenvalue weighted by Gasteiger charge is -2.26. The number of thioether (sulfide) groups is 1. The van der Waals surface area contributed by atoms with Crippen LogP contribution < -0.4 is 5.43 Å². The molecule has 2 nitrogen and oxygen atoms in total. The topological polar surface area (TPSA) is 24.4 Å². The van der Waals surface area contributed by atoms with E-state index in [1.165, 1.54) is 17.9 Å². The zero-order chi connectivity index (χ0) is 7.52. The molecule has 0 aromatic carbocycles. The molecule has 2 aliphatic heterocycles. The number of hydrazone groups is 1. The summed E-state index contributed by atoms with van der Waals surface area (Å²) >= 11 is 1.98. The van der Waals surface area contributed by atoms with Crippen molar-refractivity contribution in [2.24, 2.45) is 5.10 Å². The Bertz CT molecular complexity index is 226. The van der Waals surface area contributed by atoms with E-state index in [0.29, 0.717) is 5.25 Å². The van der Waals surface area contributed by atoms with E-state index in [2.05, 4.69) is 16.6 Å². The normalized spacial score (nSPS) is 28.4. The molecule has 1 unspecified atom stereocenters. The van der Waals surface area contributed by atoms with Gasteiger partial charge in [-0.3, -0.25) is 5.43 Å². The second-order valence-electron chi connectivity index (χ2n) is 2.54. The van der Waals surface area contributed by atoms with Crippen LogP contribution in [0.1, 0.15) is 6.42 Å². The molecule has 0 spiro atoms. The second-order valence-corrected chi connectivity index (χ2v) is 3.86. The van der Waals surface area contributed by atoms with Crippen LogP contribution in [-0.4, -0.2) is 17.2 Å². The smallest absolute Gasteiger partial charge is 0.0472 e. The Hall–Kier alpha value is -0.700. The fraction of sp³-hybridized carbons (Fsp3) is 0.375. The van der Waals surface area contributed by atoms with Crippen LogP contribution in [0.25, 0.3) is 0 Å². The summed E-state index contributed by atoms with van der Waals surface area (Å²) in [4.78, 5) is 0. The van der Waals surface area contributed by atoms with Gasteiger partial charge in [-0.05, 0) is 24.3 Å². The van der Waals surface area contributed by atoms with Crippen molar-refractivity contribution in [3.63, 3.8) is 0 Å². The van der Waals surface area contributed by atoms with Gasteiger partial charge in [-0.25, -0.2) is 0 Å². The first-order valence-corrected chi connectivity index (χ1v) is 4.79. The molecular formula is C8H10N2S. The molecule has 0 aromatic heterocycles. The van der Waals surface area contributed by atoms with E-state index in [1.807, 2.05) is 23.9 Å². The summed E-state index contributed by atoms with van der Waals surface area (Å²) in [5.41, 5.74) is 4.27. The van der Waals surface area contributed by atoms with Crippen molar-refractivity contribution in [3.8, 4) is 0 Å². The van der Waals surface area contributed by atoms with Gasteiger partial charge in [0, 0.05) is 17.2 Å². The minimum absolute atomic E-state index is 0.662. The minimum Gasteiger partial charge on any atom is -0.281 e. The zero-order valence-electron chi connectivity index (χ0n) is 6.16. The van der Waals surface area contributed by atoms with Crippen LogP contribution in [0.3, 0.4) is 0 Å². The molecule has 1 fully saturated rings. The molecule has 3 heteroatoms. The highest BCUT2D eigenvalue weighted by molar-refractivity contribution is 8.01. The van der Waals surface area contributed by atoms with E-state index in [4.69, 9.17) is 0 Å². The molecule has 0 aromatic rings. The first kappa shape index (κ1) is 6.98. The van der Waals surface area contributed by atoms with Gasteiger partial charge >= 0.3 is 0 Å². The third-order valence-electron chi connectivity index (χ3n) is 1.79. The molecule has 11 heavy (non-hydrogen) atoms. The van der Waals surface area contributed by atoms with Crippen molar-refractivity contribution >= 4 is 18.0 Å².